The molecule has 0 radical (unpaired) electrons. The van der Waals surface area contributed by atoms with Gasteiger partial charge < -0.3 is 9.47 Å². The van der Waals surface area contributed by atoms with Crippen LogP contribution in [0.1, 0.15) is 61.6 Å². The van der Waals surface area contributed by atoms with Crippen LogP contribution < -0.4 is 0 Å². The summed E-state index contributed by atoms with van der Waals surface area (Å²) in [6.07, 6.45) is 0. The molecule has 0 unspecified atom stereocenters. The Labute approximate surface area is 143 Å². The van der Waals surface area contributed by atoms with Crippen LogP contribution in [0, 0.1) is 0 Å². The first kappa shape index (κ1) is 15.3. The number of carbonyl (C=O) groups excluding carboxylic acids is 3. The summed E-state index contributed by atoms with van der Waals surface area (Å²) in [4.78, 5) is 35.2. The molecule has 2 aromatic carbocycles. The van der Waals surface area contributed by atoms with Gasteiger partial charge in [-0.1, -0.05) is 32.6 Å². The summed E-state index contributed by atoms with van der Waals surface area (Å²) >= 11 is 0. The van der Waals surface area contributed by atoms with E-state index in [0.29, 0.717) is 16.9 Å². The number of carbonyl (C=O) groups is 3. The molecule has 0 fully saturated rings. The highest BCUT2D eigenvalue weighted by atomic mass is 16.6. The molecule has 0 spiro atoms. The van der Waals surface area contributed by atoms with E-state index in [-0.39, 0.29) is 11.1 Å². The number of rotatable bonds is 2. The molecule has 124 valence electrons. The minimum absolute atomic E-state index is 0.277. The van der Waals surface area contributed by atoms with Gasteiger partial charge in [0.15, 0.2) is 0 Å². The lowest BCUT2D eigenvalue weighted by Crippen LogP contribution is -2.20. The van der Waals surface area contributed by atoms with Gasteiger partial charge in [0.2, 0.25) is 0 Å². The van der Waals surface area contributed by atoms with Crippen molar-refractivity contribution in [3.8, 4) is 0 Å². The molecular formula is C20H14O5. The molecule has 5 heteroatoms. The van der Waals surface area contributed by atoms with E-state index in [9.17, 15) is 14.4 Å². The second-order valence-electron chi connectivity index (χ2n) is 6.64. The Bertz CT molecular complexity index is 918. The summed E-state index contributed by atoms with van der Waals surface area (Å²) in [6.45, 7) is 7.76. The Morgan fingerprint density at radius 1 is 0.720 bits per heavy atom. The minimum Gasteiger partial charge on any atom is -0.423 e. The summed E-state index contributed by atoms with van der Waals surface area (Å²) < 4.78 is 9.71. The Morgan fingerprint density at radius 2 is 1.20 bits per heavy atom. The Hall–Kier alpha value is -3.21. The third-order valence-electron chi connectivity index (χ3n) is 4.84. The number of cyclic esters (lactones) is 3. The van der Waals surface area contributed by atoms with Crippen molar-refractivity contribution in [2.75, 3.05) is 0 Å². The molecule has 0 aromatic heterocycles. The largest absolute Gasteiger partial charge is 0.423 e. The zero-order valence-corrected chi connectivity index (χ0v) is 13.7. The lowest BCUT2D eigenvalue weighted by Gasteiger charge is -2.27. The van der Waals surface area contributed by atoms with Crippen molar-refractivity contribution < 1.29 is 23.9 Å². The molecular weight excluding hydrogens is 320 g/mol. The predicted octanol–water partition coefficient (Wildman–Crippen LogP) is 3.46. The third-order valence-corrected chi connectivity index (χ3v) is 4.84. The quantitative estimate of drug-likeness (QED) is 0.621. The van der Waals surface area contributed by atoms with Crippen molar-refractivity contribution in [1.29, 1.82) is 0 Å². The SMILES string of the molecule is C=C1OC(=O)c2ccc(C(C)(C)c3ccc4c(c3)C(=O)OC4=O)cc21. The van der Waals surface area contributed by atoms with E-state index in [2.05, 4.69) is 11.3 Å². The van der Waals surface area contributed by atoms with Gasteiger partial charge in [0.1, 0.15) is 5.76 Å². The zero-order chi connectivity index (χ0) is 17.9. The molecule has 0 aliphatic carbocycles. The van der Waals surface area contributed by atoms with E-state index >= 15 is 0 Å². The first-order valence-electron chi connectivity index (χ1n) is 7.76. The fourth-order valence-corrected chi connectivity index (χ4v) is 3.20. The topological polar surface area (TPSA) is 69.7 Å². The maximum atomic E-state index is 11.8. The second-order valence-corrected chi connectivity index (χ2v) is 6.64. The van der Waals surface area contributed by atoms with E-state index in [1.807, 2.05) is 32.0 Å². The number of hydrogen-bond acceptors (Lipinski definition) is 5. The average Bonchev–Trinajstić information content (AvgIpc) is 3.03. The van der Waals surface area contributed by atoms with Crippen molar-refractivity contribution in [2.24, 2.45) is 0 Å². The van der Waals surface area contributed by atoms with Crippen LogP contribution in [0.25, 0.3) is 5.76 Å². The number of ether oxygens (including phenoxy) is 2. The molecule has 0 amide bonds. The van der Waals surface area contributed by atoms with Crippen LogP contribution in [0.2, 0.25) is 0 Å². The standard InChI is InChI=1S/C20H14O5/c1-10-15-8-11(4-6-13(15)17(21)24-10)20(2,3)12-5-7-14-16(9-12)19(23)25-18(14)22/h4-9H,1H2,2-3H3. The summed E-state index contributed by atoms with van der Waals surface area (Å²) in [7, 11) is 0. The number of benzene rings is 2. The van der Waals surface area contributed by atoms with E-state index in [0.717, 1.165) is 11.1 Å². The summed E-state index contributed by atoms with van der Waals surface area (Å²) in [5.41, 5.74) is 3.05. The monoisotopic (exact) mass is 334 g/mol. The van der Waals surface area contributed by atoms with Crippen LogP contribution in [-0.4, -0.2) is 17.9 Å². The molecule has 0 saturated carbocycles. The molecule has 5 nitrogen and oxygen atoms in total. The highest BCUT2D eigenvalue weighted by Crippen LogP contribution is 2.37. The van der Waals surface area contributed by atoms with E-state index in [1.54, 1.807) is 18.2 Å². The fourth-order valence-electron chi connectivity index (χ4n) is 3.20. The highest BCUT2D eigenvalue weighted by Gasteiger charge is 2.34. The van der Waals surface area contributed by atoms with Crippen LogP contribution in [0.4, 0.5) is 0 Å². The van der Waals surface area contributed by atoms with Crippen LogP contribution in [0.3, 0.4) is 0 Å². The summed E-state index contributed by atoms with van der Waals surface area (Å²) in [5.74, 6) is -1.31. The summed E-state index contributed by atoms with van der Waals surface area (Å²) in [6, 6.07) is 10.6. The van der Waals surface area contributed by atoms with E-state index in [4.69, 9.17) is 4.74 Å². The van der Waals surface area contributed by atoms with E-state index in [1.165, 1.54) is 0 Å². The first-order chi connectivity index (χ1) is 11.8. The lowest BCUT2D eigenvalue weighted by molar-refractivity contribution is 0.0443. The van der Waals surface area contributed by atoms with Gasteiger partial charge in [-0.25, -0.2) is 14.4 Å². The predicted molar refractivity (Wildman–Crippen MR) is 89.2 cm³/mol. The maximum absolute atomic E-state index is 11.8. The highest BCUT2D eigenvalue weighted by molar-refractivity contribution is 6.14. The molecule has 2 aliphatic heterocycles. The molecule has 0 N–H and O–H groups in total. The van der Waals surface area contributed by atoms with E-state index < -0.39 is 23.3 Å². The molecule has 2 heterocycles. The Balaban J connectivity index is 1.81. The van der Waals surface area contributed by atoms with Gasteiger partial charge in [-0.15, -0.1) is 0 Å². The van der Waals surface area contributed by atoms with Gasteiger partial charge in [0, 0.05) is 11.0 Å². The van der Waals surface area contributed by atoms with Crippen LogP contribution in [-0.2, 0) is 14.9 Å². The number of esters is 3. The van der Waals surface area contributed by atoms with Crippen LogP contribution >= 0.6 is 0 Å². The zero-order valence-electron chi connectivity index (χ0n) is 13.7. The normalized spacial score (nSPS) is 15.8. The van der Waals surface area contributed by atoms with Crippen molar-refractivity contribution >= 4 is 23.7 Å². The van der Waals surface area contributed by atoms with Crippen molar-refractivity contribution in [2.45, 2.75) is 19.3 Å². The van der Waals surface area contributed by atoms with Gasteiger partial charge in [-0.2, -0.15) is 0 Å². The van der Waals surface area contributed by atoms with Crippen molar-refractivity contribution in [1.82, 2.24) is 0 Å². The lowest BCUT2D eigenvalue weighted by atomic mass is 9.76. The van der Waals surface area contributed by atoms with Crippen molar-refractivity contribution in [3.05, 3.63) is 76.4 Å². The van der Waals surface area contributed by atoms with Crippen LogP contribution in [0.5, 0.6) is 0 Å². The van der Waals surface area contributed by atoms with Gasteiger partial charge in [0.25, 0.3) is 0 Å². The second kappa shape index (κ2) is 4.89. The first-order valence-corrected chi connectivity index (χ1v) is 7.76. The Morgan fingerprint density at radius 3 is 1.84 bits per heavy atom. The molecule has 2 aromatic rings. The molecule has 0 saturated heterocycles. The molecule has 0 atom stereocenters. The van der Waals surface area contributed by atoms with Crippen molar-refractivity contribution in [3.63, 3.8) is 0 Å². The van der Waals surface area contributed by atoms with Gasteiger partial charge in [0.05, 0.1) is 16.7 Å². The fraction of sp³-hybridized carbons (Fsp3) is 0.150. The van der Waals surface area contributed by atoms with Gasteiger partial charge in [-0.05, 0) is 35.4 Å². The summed E-state index contributed by atoms with van der Waals surface area (Å²) in [5, 5.41) is 0. The Kier molecular flexibility index (Phi) is 3.00. The van der Waals surface area contributed by atoms with Gasteiger partial charge in [-0.3, -0.25) is 0 Å². The molecule has 4 rings (SSSR count). The van der Waals surface area contributed by atoms with Crippen LogP contribution in [0.15, 0.2) is 43.0 Å². The average molecular weight is 334 g/mol. The molecule has 25 heavy (non-hydrogen) atoms. The maximum Gasteiger partial charge on any atom is 0.346 e. The number of fused-ring (bicyclic) bond motifs is 2. The van der Waals surface area contributed by atoms with Gasteiger partial charge >= 0.3 is 17.9 Å². The minimum atomic E-state index is -0.626. The molecule has 0 bridgehead atoms. The molecule has 2 aliphatic rings. The smallest absolute Gasteiger partial charge is 0.346 e. The third kappa shape index (κ3) is 2.12. The number of hydrogen-bond donors (Lipinski definition) is 0.